The van der Waals surface area contributed by atoms with Gasteiger partial charge in [-0.1, -0.05) is 44.2 Å². The summed E-state index contributed by atoms with van der Waals surface area (Å²) in [5.41, 5.74) is 0.536. The Morgan fingerprint density at radius 3 is 2.30 bits per heavy atom. The molecule has 47 heavy (non-hydrogen) atoms. The van der Waals surface area contributed by atoms with Gasteiger partial charge in [0.05, 0.1) is 25.7 Å². The Labute approximate surface area is 271 Å². The third kappa shape index (κ3) is 8.63. The van der Waals surface area contributed by atoms with Crippen molar-refractivity contribution < 1.29 is 52.4 Å². The second-order valence-corrected chi connectivity index (χ2v) is 11.0. The number of nitrogens with zero attached hydrogens (tertiary/aromatic N) is 1. The minimum atomic E-state index is -1.50. The van der Waals surface area contributed by atoms with Crippen molar-refractivity contribution in [2.75, 3.05) is 20.8 Å². The lowest BCUT2D eigenvalue weighted by Crippen LogP contribution is -2.47. The van der Waals surface area contributed by atoms with E-state index in [0.717, 1.165) is 5.56 Å². The highest BCUT2D eigenvalue weighted by Crippen LogP contribution is 2.31. The molecule has 13 heteroatoms. The van der Waals surface area contributed by atoms with E-state index in [1.165, 1.54) is 45.5 Å². The molecular weight excluding hydrogens is 612 g/mol. The summed E-state index contributed by atoms with van der Waals surface area (Å²) in [5, 5.41) is 2.46. The largest absolute Gasteiger partial charge is 0.497 e. The van der Waals surface area contributed by atoms with Crippen LogP contribution in [0.25, 0.3) is 0 Å². The van der Waals surface area contributed by atoms with Crippen LogP contribution in [0, 0.1) is 11.8 Å². The van der Waals surface area contributed by atoms with E-state index in [9.17, 15) is 24.0 Å². The molecule has 0 unspecified atom stereocenters. The Bertz CT molecular complexity index is 1590. The smallest absolute Gasteiger partial charge is 0.343 e. The molecule has 1 N–H and O–H groups in total. The number of hydrogen-bond donors (Lipinski definition) is 1. The van der Waals surface area contributed by atoms with Crippen molar-refractivity contribution in [1.29, 1.82) is 0 Å². The number of hydrogen-bond acceptors (Lipinski definition) is 12. The second kappa shape index (κ2) is 15.7. The van der Waals surface area contributed by atoms with E-state index in [2.05, 4.69) is 10.3 Å². The number of nitrogens with one attached hydrogen (secondary N) is 1. The number of aromatic nitrogens is 1. The average molecular weight is 649 g/mol. The summed E-state index contributed by atoms with van der Waals surface area (Å²) in [5.74, 6) is -5.38. The van der Waals surface area contributed by atoms with Crippen LogP contribution >= 0.6 is 0 Å². The maximum atomic E-state index is 13.5. The summed E-state index contributed by atoms with van der Waals surface area (Å²) in [4.78, 5) is 70.0. The Balaban J connectivity index is 1.58. The van der Waals surface area contributed by atoms with Gasteiger partial charge in [-0.05, 0) is 43.2 Å². The fraction of sp³-hybridized carbons (Fsp3) is 0.353. The van der Waals surface area contributed by atoms with Crippen LogP contribution in [-0.4, -0.2) is 73.8 Å². The van der Waals surface area contributed by atoms with Crippen LogP contribution in [0.5, 0.6) is 17.2 Å². The van der Waals surface area contributed by atoms with E-state index in [-0.39, 0.29) is 29.2 Å². The molecule has 248 valence electrons. The van der Waals surface area contributed by atoms with Crippen molar-refractivity contribution in [3.05, 3.63) is 83.7 Å². The normalized spacial score (nSPS) is 19.6. The number of cyclic esters (lactones) is 2. The lowest BCUT2D eigenvalue weighted by atomic mass is 9.91. The number of benzene rings is 2. The first kappa shape index (κ1) is 34.4. The molecule has 0 aliphatic carbocycles. The highest BCUT2D eigenvalue weighted by Gasteiger charge is 2.42. The number of methoxy groups -OCH3 is 2. The number of amides is 1. The molecular formula is C34H36N2O11. The zero-order valence-corrected chi connectivity index (χ0v) is 26.6. The molecule has 4 atom stereocenters. The lowest BCUT2D eigenvalue weighted by molar-refractivity contribution is -0.176. The third-order valence-corrected chi connectivity index (χ3v) is 7.29. The minimum absolute atomic E-state index is 0.0164. The van der Waals surface area contributed by atoms with Crippen LogP contribution in [0.2, 0.25) is 0 Å². The van der Waals surface area contributed by atoms with E-state index in [0.29, 0.717) is 5.75 Å². The van der Waals surface area contributed by atoms with Gasteiger partial charge in [-0.2, -0.15) is 0 Å². The van der Waals surface area contributed by atoms with Crippen LogP contribution in [0.3, 0.4) is 0 Å². The van der Waals surface area contributed by atoms with Crippen molar-refractivity contribution in [3.63, 3.8) is 0 Å². The van der Waals surface area contributed by atoms with E-state index in [1.54, 1.807) is 50.2 Å². The minimum Gasteiger partial charge on any atom is -0.497 e. The monoisotopic (exact) mass is 648 g/mol. The number of esters is 4. The van der Waals surface area contributed by atoms with Crippen molar-refractivity contribution in [1.82, 2.24) is 10.3 Å². The number of carbonyl (C=O) groups excluding carboxylic acids is 5. The van der Waals surface area contributed by atoms with Crippen LogP contribution in [-0.2, 0) is 35.0 Å². The maximum Gasteiger partial charge on any atom is 0.343 e. The Morgan fingerprint density at radius 1 is 0.957 bits per heavy atom. The van der Waals surface area contributed by atoms with Crippen LogP contribution < -0.4 is 19.5 Å². The van der Waals surface area contributed by atoms with Gasteiger partial charge >= 0.3 is 23.9 Å². The Kier molecular flexibility index (Phi) is 11.5. The first-order valence-electron chi connectivity index (χ1n) is 14.8. The molecule has 1 amide bonds. The highest BCUT2D eigenvalue weighted by molar-refractivity contribution is 6.00. The molecule has 0 spiro atoms. The van der Waals surface area contributed by atoms with Gasteiger partial charge in [0.15, 0.2) is 23.6 Å². The van der Waals surface area contributed by atoms with Crippen LogP contribution in [0.4, 0.5) is 0 Å². The zero-order valence-electron chi connectivity index (χ0n) is 26.6. The molecule has 1 fully saturated rings. The molecule has 1 aliphatic heterocycles. The quantitative estimate of drug-likeness (QED) is 0.252. The number of carbonyl (C=O) groups is 5. The molecule has 2 aromatic carbocycles. The molecule has 0 radical (unpaired) electrons. The van der Waals surface area contributed by atoms with Crippen molar-refractivity contribution in [2.24, 2.45) is 11.8 Å². The zero-order chi connectivity index (χ0) is 34.1. The molecule has 0 saturated carbocycles. The van der Waals surface area contributed by atoms with Gasteiger partial charge < -0.3 is 33.7 Å². The summed E-state index contributed by atoms with van der Waals surface area (Å²) < 4.78 is 32.8. The van der Waals surface area contributed by atoms with Gasteiger partial charge in [0.25, 0.3) is 5.91 Å². The third-order valence-electron chi connectivity index (χ3n) is 7.29. The standard InChI is InChI=1S/C34H36N2O11/c1-19(2)31(38)46-28-20(3)45-34(41)25(18-44-33(40)24(28)17-21-9-7-6-8-10-21)36-30(37)27-29(26(43-5)15-16-35-27)47-32(39)22-11-13-23(42-4)14-12-22/h6-16,19-20,24-25,28H,17-18H2,1-5H3,(H,36,37)/t20-,24+,25-,28-/m0/s1. The molecule has 1 saturated heterocycles. The maximum absolute atomic E-state index is 13.5. The highest BCUT2D eigenvalue weighted by atomic mass is 16.6. The second-order valence-electron chi connectivity index (χ2n) is 11.0. The van der Waals surface area contributed by atoms with E-state index >= 15 is 0 Å². The van der Waals surface area contributed by atoms with Gasteiger partial charge in [-0.15, -0.1) is 0 Å². The topological polar surface area (TPSA) is 166 Å². The summed E-state index contributed by atoms with van der Waals surface area (Å²) in [6, 6.07) is 15.0. The van der Waals surface area contributed by atoms with Gasteiger partial charge in [0.2, 0.25) is 5.75 Å². The van der Waals surface area contributed by atoms with Crippen molar-refractivity contribution >= 4 is 29.8 Å². The molecule has 1 aromatic heterocycles. The van der Waals surface area contributed by atoms with Crippen molar-refractivity contribution in [2.45, 2.75) is 45.4 Å². The molecule has 1 aliphatic rings. The summed E-state index contributed by atoms with van der Waals surface area (Å²) in [6.07, 6.45) is -0.894. The van der Waals surface area contributed by atoms with Crippen LogP contribution in [0.1, 0.15) is 47.2 Å². The first-order chi connectivity index (χ1) is 22.5. The molecule has 3 aromatic rings. The average Bonchev–Trinajstić information content (AvgIpc) is 3.10. The summed E-state index contributed by atoms with van der Waals surface area (Å²) >= 11 is 0. The van der Waals surface area contributed by atoms with Gasteiger partial charge in [0.1, 0.15) is 24.4 Å². The van der Waals surface area contributed by atoms with Crippen LogP contribution in [0.15, 0.2) is 66.9 Å². The van der Waals surface area contributed by atoms with Crippen molar-refractivity contribution in [3.8, 4) is 17.2 Å². The molecule has 2 heterocycles. The SMILES string of the molecule is COc1ccc(C(=O)Oc2c(OC)ccnc2C(=O)N[C@H]2COC(=O)[C@H](Cc3ccccc3)[C@@H](OC(=O)C(C)C)[C@H](C)OC2=O)cc1. The fourth-order valence-electron chi connectivity index (χ4n) is 4.71. The van der Waals surface area contributed by atoms with E-state index in [4.69, 9.17) is 28.4 Å². The van der Waals surface area contributed by atoms with E-state index < -0.39 is 66.5 Å². The van der Waals surface area contributed by atoms with Gasteiger partial charge in [-0.3, -0.25) is 14.4 Å². The Hall–Kier alpha value is -5.46. The predicted molar refractivity (Wildman–Crippen MR) is 165 cm³/mol. The van der Waals surface area contributed by atoms with Gasteiger partial charge in [0, 0.05) is 12.3 Å². The van der Waals surface area contributed by atoms with Gasteiger partial charge in [-0.25, -0.2) is 14.6 Å². The lowest BCUT2D eigenvalue weighted by Gasteiger charge is -2.29. The summed E-state index contributed by atoms with van der Waals surface area (Å²) in [6.45, 7) is 4.17. The number of rotatable bonds is 10. The predicted octanol–water partition coefficient (Wildman–Crippen LogP) is 3.33. The molecule has 0 bridgehead atoms. The number of ether oxygens (including phenoxy) is 6. The summed E-state index contributed by atoms with van der Waals surface area (Å²) in [7, 11) is 2.80. The fourth-order valence-corrected chi connectivity index (χ4v) is 4.71. The van der Waals surface area contributed by atoms with E-state index in [1.807, 2.05) is 6.07 Å². The molecule has 13 nitrogen and oxygen atoms in total. The first-order valence-corrected chi connectivity index (χ1v) is 14.8. The number of pyridine rings is 1. The molecule has 4 rings (SSSR count). The Morgan fingerprint density at radius 2 is 1.66 bits per heavy atom.